The van der Waals surface area contributed by atoms with E-state index in [-0.39, 0.29) is 17.8 Å². The average molecular weight is 315 g/mol. The molecule has 0 bridgehead atoms. The lowest BCUT2D eigenvalue weighted by Gasteiger charge is -2.30. The molecule has 0 atom stereocenters. The van der Waals surface area contributed by atoms with Crippen LogP contribution in [0.5, 0.6) is 0 Å². The Kier molecular flexibility index (Phi) is 4.31. The van der Waals surface area contributed by atoms with Gasteiger partial charge in [-0.2, -0.15) is 0 Å². The molecule has 23 heavy (non-hydrogen) atoms. The fourth-order valence-corrected chi connectivity index (χ4v) is 2.65. The van der Waals surface area contributed by atoms with E-state index in [0.29, 0.717) is 37.3 Å². The first-order chi connectivity index (χ1) is 11.2. The number of rotatable bonds is 3. The van der Waals surface area contributed by atoms with Gasteiger partial charge in [0, 0.05) is 19.3 Å². The average Bonchev–Trinajstić information content (AvgIpc) is 3.15. The van der Waals surface area contributed by atoms with Gasteiger partial charge in [-0.25, -0.2) is 4.98 Å². The molecule has 1 saturated heterocycles. The van der Waals surface area contributed by atoms with Crippen LogP contribution in [-0.2, 0) is 9.53 Å². The normalized spacial score (nSPS) is 15.4. The minimum Gasteiger partial charge on any atom is -0.469 e. The molecule has 1 fully saturated rings. The van der Waals surface area contributed by atoms with E-state index in [1.807, 2.05) is 0 Å². The monoisotopic (exact) mass is 315 g/mol. The van der Waals surface area contributed by atoms with Gasteiger partial charge in [-0.05, 0) is 25.0 Å². The molecule has 3 heterocycles. The van der Waals surface area contributed by atoms with Crippen LogP contribution in [0.4, 0.5) is 0 Å². The second-order valence-corrected chi connectivity index (χ2v) is 5.36. The maximum atomic E-state index is 12.5. The molecule has 0 unspecified atom stereocenters. The van der Waals surface area contributed by atoms with Crippen molar-refractivity contribution in [2.75, 3.05) is 20.2 Å². The Morgan fingerprint density at radius 3 is 2.43 bits per heavy atom. The second-order valence-electron chi connectivity index (χ2n) is 5.36. The quantitative estimate of drug-likeness (QED) is 0.774. The lowest BCUT2D eigenvalue weighted by molar-refractivity contribution is -0.146. The smallest absolute Gasteiger partial charge is 0.308 e. The lowest BCUT2D eigenvalue weighted by Crippen LogP contribution is -2.40. The Balaban J connectivity index is 1.64. The van der Waals surface area contributed by atoms with Gasteiger partial charge in [0.15, 0.2) is 0 Å². The van der Waals surface area contributed by atoms with Crippen molar-refractivity contribution in [1.82, 2.24) is 24.6 Å². The molecule has 0 saturated carbocycles. The van der Waals surface area contributed by atoms with Crippen LogP contribution in [-0.4, -0.2) is 56.7 Å². The molecule has 0 N–H and O–H groups in total. The van der Waals surface area contributed by atoms with E-state index in [1.165, 1.54) is 7.11 Å². The fourth-order valence-electron chi connectivity index (χ4n) is 2.65. The topological polar surface area (TPSA) is 90.2 Å². The first kappa shape index (κ1) is 15.1. The number of methoxy groups -OCH3 is 1. The molecule has 120 valence electrons. The van der Waals surface area contributed by atoms with Crippen molar-refractivity contribution in [3.05, 3.63) is 36.5 Å². The molecule has 1 aliphatic rings. The first-order valence-corrected chi connectivity index (χ1v) is 7.37. The largest absolute Gasteiger partial charge is 0.469 e. The van der Waals surface area contributed by atoms with Crippen molar-refractivity contribution in [2.24, 2.45) is 5.92 Å². The maximum Gasteiger partial charge on any atom is 0.308 e. The number of nitrogens with zero attached hydrogens (tertiary/aromatic N) is 5. The highest BCUT2D eigenvalue weighted by Crippen LogP contribution is 2.20. The molecule has 8 nitrogen and oxygen atoms in total. The Morgan fingerprint density at radius 1 is 1.17 bits per heavy atom. The Morgan fingerprint density at radius 2 is 1.87 bits per heavy atom. The summed E-state index contributed by atoms with van der Waals surface area (Å²) in [4.78, 5) is 30.0. The maximum absolute atomic E-state index is 12.5. The van der Waals surface area contributed by atoms with Crippen molar-refractivity contribution in [2.45, 2.75) is 12.8 Å². The van der Waals surface area contributed by atoms with Gasteiger partial charge in [0.1, 0.15) is 18.5 Å². The predicted octanol–water partition coefficient (Wildman–Crippen LogP) is 0.687. The summed E-state index contributed by atoms with van der Waals surface area (Å²) in [6, 6.07) is 3.48. The summed E-state index contributed by atoms with van der Waals surface area (Å²) < 4.78 is 6.42. The summed E-state index contributed by atoms with van der Waals surface area (Å²) in [5.41, 5.74) is 0.526. The zero-order chi connectivity index (χ0) is 16.2. The van der Waals surface area contributed by atoms with Crippen LogP contribution in [0.1, 0.15) is 23.2 Å². The number of ether oxygens (including phenoxy) is 1. The first-order valence-electron chi connectivity index (χ1n) is 7.37. The number of amides is 1. The van der Waals surface area contributed by atoms with Crippen LogP contribution in [0.25, 0.3) is 5.82 Å². The lowest BCUT2D eigenvalue weighted by atomic mass is 9.96. The van der Waals surface area contributed by atoms with E-state index < -0.39 is 0 Å². The Labute approximate surface area is 133 Å². The minimum absolute atomic E-state index is 0.0730. The summed E-state index contributed by atoms with van der Waals surface area (Å²) in [5.74, 6) is 0.266. The zero-order valence-electron chi connectivity index (χ0n) is 12.8. The fraction of sp³-hybridized carbons (Fsp3) is 0.400. The van der Waals surface area contributed by atoms with E-state index in [1.54, 1.807) is 40.5 Å². The SMILES string of the molecule is COC(=O)C1CCN(C(=O)c2ccc(-n3cnnc3)nc2)CC1. The third kappa shape index (κ3) is 3.20. The number of hydrogen-bond donors (Lipinski definition) is 0. The van der Waals surface area contributed by atoms with Gasteiger partial charge < -0.3 is 9.64 Å². The summed E-state index contributed by atoms with van der Waals surface area (Å²) in [5, 5.41) is 7.44. The molecule has 2 aromatic heterocycles. The van der Waals surface area contributed by atoms with Crippen molar-refractivity contribution in [1.29, 1.82) is 0 Å². The predicted molar refractivity (Wildman–Crippen MR) is 79.8 cm³/mol. The Hall–Kier alpha value is -2.77. The van der Waals surface area contributed by atoms with Crippen LogP contribution in [0.3, 0.4) is 0 Å². The van der Waals surface area contributed by atoms with E-state index in [2.05, 4.69) is 15.2 Å². The molecule has 8 heteroatoms. The molecule has 1 aliphatic heterocycles. The van der Waals surface area contributed by atoms with Crippen LogP contribution in [0, 0.1) is 5.92 Å². The molecule has 2 aromatic rings. The van der Waals surface area contributed by atoms with E-state index in [4.69, 9.17) is 4.74 Å². The van der Waals surface area contributed by atoms with Crippen molar-refractivity contribution < 1.29 is 14.3 Å². The standard InChI is InChI=1S/C15H17N5O3/c1-23-15(22)11-4-6-19(7-5-11)14(21)12-2-3-13(16-8-12)20-9-17-18-10-20/h2-3,8-11H,4-7H2,1H3. The van der Waals surface area contributed by atoms with Crippen LogP contribution in [0.15, 0.2) is 31.0 Å². The van der Waals surface area contributed by atoms with Crippen LogP contribution in [0.2, 0.25) is 0 Å². The molecule has 0 aromatic carbocycles. The number of piperidine rings is 1. The molecule has 0 spiro atoms. The van der Waals surface area contributed by atoms with Gasteiger partial charge in [-0.15, -0.1) is 10.2 Å². The summed E-state index contributed by atoms with van der Waals surface area (Å²) >= 11 is 0. The van der Waals surface area contributed by atoms with Gasteiger partial charge in [0.2, 0.25) is 0 Å². The number of esters is 1. The van der Waals surface area contributed by atoms with Crippen molar-refractivity contribution >= 4 is 11.9 Å². The van der Waals surface area contributed by atoms with Crippen molar-refractivity contribution in [3.8, 4) is 5.82 Å². The molecule has 1 amide bonds. The van der Waals surface area contributed by atoms with Crippen LogP contribution >= 0.6 is 0 Å². The number of pyridine rings is 1. The minimum atomic E-state index is -0.197. The third-order valence-corrected chi connectivity index (χ3v) is 3.99. The number of aromatic nitrogens is 4. The van der Waals surface area contributed by atoms with E-state index >= 15 is 0 Å². The highest BCUT2D eigenvalue weighted by molar-refractivity contribution is 5.94. The van der Waals surface area contributed by atoms with Gasteiger partial charge in [-0.1, -0.05) is 0 Å². The van der Waals surface area contributed by atoms with Crippen molar-refractivity contribution in [3.63, 3.8) is 0 Å². The summed E-state index contributed by atoms with van der Waals surface area (Å²) in [6.45, 7) is 1.09. The molecular formula is C15H17N5O3. The summed E-state index contributed by atoms with van der Waals surface area (Å²) in [7, 11) is 1.39. The van der Waals surface area contributed by atoms with E-state index in [0.717, 1.165) is 0 Å². The van der Waals surface area contributed by atoms with E-state index in [9.17, 15) is 9.59 Å². The number of carbonyl (C=O) groups is 2. The van der Waals surface area contributed by atoms with Gasteiger partial charge in [0.05, 0.1) is 18.6 Å². The molecule has 3 rings (SSSR count). The van der Waals surface area contributed by atoms with Gasteiger partial charge in [-0.3, -0.25) is 14.2 Å². The molecule has 0 radical (unpaired) electrons. The molecular weight excluding hydrogens is 298 g/mol. The highest BCUT2D eigenvalue weighted by atomic mass is 16.5. The number of carbonyl (C=O) groups excluding carboxylic acids is 2. The van der Waals surface area contributed by atoms with Gasteiger partial charge >= 0.3 is 5.97 Å². The highest BCUT2D eigenvalue weighted by Gasteiger charge is 2.28. The van der Waals surface area contributed by atoms with Gasteiger partial charge in [0.25, 0.3) is 5.91 Å². The zero-order valence-corrected chi connectivity index (χ0v) is 12.8. The third-order valence-electron chi connectivity index (χ3n) is 3.99. The van der Waals surface area contributed by atoms with Crippen LogP contribution < -0.4 is 0 Å². The molecule has 0 aliphatic carbocycles. The summed E-state index contributed by atoms with van der Waals surface area (Å²) in [6.07, 6.45) is 5.89. The number of likely N-dealkylation sites (tertiary alicyclic amines) is 1. The second kappa shape index (κ2) is 6.55. The Bertz CT molecular complexity index is 676. The number of hydrogen-bond acceptors (Lipinski definition) is 6.